The zero-order valence-electron chi connectivity index (χ0n) is 15.7. The van der Waals surface area contributed by atoms with Crippen molar-refractivity contribution in [2.45, 2.75) is 12.8 Å². The Hall–Kier alpha value is -2.84. The van der Waals surface area contributed by atoms with Crippen molar-refractivity contribution in [1.82, 2.24) is 4.90 Å². The molecule has 2 aromatic carbocycles. The third kappa shape index (κ3) is 5.58. The van der Waals surface area contributed by atoms with Gasteiger partial charge in [0.2, 0.25) is 0 Å². The van der Waals surface area contributed by atoms with Crippen LogP contribution >= 0.6 is 24.0 Å². The topological polar surface area (TPSA) is 76.1 Å². The first-order valence-electron chi connectivity index (χ1n) is 8.85. The highest BCUT2D eigenvalue weighted by Gasteiger charge is 2.31. The van der Waals surface area contributed by atoms with E-state index in [0.29, 0.717) is 33.7 Å². The van der Waals surface area contributed by atoms with Crippen molar-refractivity contribution >= 4 is 46.3 Å². The van der Waals surface area contributed by atoms with E-state index in [1.165, 1.54) is 16.7 Å². The van der Waals surface area contributed by atoms with Gasteiger partial charge in [-0.25, -0.2) is 0 Å². The number of amides is 1. The van der Waals surface area contributed by atoms with Crippen LogP contribution in [-0.2, 0) is 9.59 Å². The molecule has 0 saturated carbocycles. The Kier molecular flexibility index (Phi) is 6.90. The molecular formula is C21H19NO5S2. The molecule has 1 aliphatic heterocycles. The van der Waals surface area contributed by atoms with Crippen molar-refractivity contribution < 1.29 is 24.2 Å². The summed E-state index contributed by atoms with van der Waals surface area (Å²) < 4.78 is 11.4. The van der Waals surface area contributed by atoms with E-state index >= 15 is 0 Å². The molecule has 0 aromatic heterocycles. The van der Waals surface area contributed by atoms with Crippen molar-refractivity contribution in [3.63, 3.8) is 0 Å². The number of thiocarbonyl (C=S) groups is 1. The molecule has 6 nitrogen and oxygen atoms in total. The zero-order chi connectivity index (χ0) is 20.8. The summed E-state index contributed by atoms with van der Waals surface area (Å²) in [5.74, 6) is 0.969. The molecule has 0 bridgehead atoms. The number of nitrogens with zero attached hydrogens (tertiary/aromatic N) is 1. The number of carbonyl (C=O) groups excluding carboxylic acids is 1. The maximum Gasteiger partial charge on any atom is 0.303 e. The first-order valence-corrected chi connectivity index (χ1v) is 10.1. The molecule has 0 radical (unpaired) electrons. The molecule has 0 spiro atoms. The SMILES string of the molecule is COc1ccc(Oc2cccc(/C=C3\SC(=S)N(CCCC(=O)O)C3=O)c2)cc1. The maximum absolute atomic E-state index is 12.6. The van der Waals surface area contributed by atoms with Gasteiger partial charge in [0.25, 0.3) is 5.91 Å². The average molecular weight is 430 g/mol. The predicted molar refractivity (Wildman–Crippen MR) is 116 cm³/mol. The van der Waals surface area contributed by atoms with E-state index in [2.05, 4.69) is 0 Å². The molecular weight excluding hydrogens is 410 g/mol. The third-order valence-electron chi connectivity index (χ3n) is 4.10. The molecule has 1 N–H and O–H groups in total. The quantitative estimate of drug-likeness (QED) is 0.487. The highest BCUT2D eigenvalue weighted by atomic mass is 32.2. The van der Waals surface area contributed by atoms with Crippen LogP contribution in [0.3, 0.4) is 0 Å². The number of hydrogen-bond donors (Lipinski definition) is 1. The lowest BCUT2D eigenvalue weighted by Crippen LogP contribution is -2.29. The summed E-state index contributed by atoms with van der Waals surface area (Å²) >= 11 is 6.48. The van der Waals surface area contributed by atoms with Gasteiger partial charge in [-0.05, 0) is 54.5 Å². The van der Waals surface area contributed by atoms with Gasteiger partial charge in [-0.15, -0.1) is 0 Å². The van der Waals surface area contributed by atoms with Gasteiger partial charge in [0.15, 0.2) is 0 Å². The highest BCUT2D eigenvalue weighted by molar-refractivity contribution is 8.26. The second-order valence-corrected chi connectivity index (χ2v) is 7.86. The summed E-state index contributed by atoms with van der Waals surface area (Å²) in [6, 6.07) is 14.6. The Bertz CT molecular complexity index is 956. The normalized spacial score (nSPS) is 15.1. The van der Waals surface area contributed by atoms with Crippen molar-refractivity contribution in [2.24, 2.45) is 0 Å². The van der Waals surface area contributed by atoms with Crippen LogP contribution < -0.4 is 9.47 Å². The maximum atomic E-state index is 12.6. The summed E-state index contributed by atoms with van der Waals surface area (Å²) in [5.41, 5.74) is 0.807. The molecule has 0 unspecified atom stereocenters. The van der Waals surface area contributed by atoms with E-state index in [9.17, 15) is 9.59 Å². The first kappa shape index (κ1) is 20.9. The fourth-order valence-electron chi connectivity index (χ4n) is 2.68. The molecule has 8 heteroatoms. The van der Waals surface area contributed by atoms with Gasteiger partial charge in [-0.2, -0.15) is 0 Å². The summed E-state index contributed by atoms with van der Waals surface area (Å²) in [5, 5.41) is 8.75. The van der Waals surface area contributed by atoms with Gasteiger partial charge in [0.05, 0.1) is 12.0 Å². The smallest absolute Gasteiger partial charge is 0.303 e. The second-order valence-electron chi connectivity index (χ2n) is 6.18. The van der Waals surface area contributed by atoms with E-state index in [1.54, 1.807) is 13.2 Å². The molecule has 1 fully saturated rings. The van der Waals surface area contributed by atoms with Gasteiger partial charge < -0.3 is 14.6 Å². The number of benzene rings is 2. The molecule has 150 valence electrons. The lowest BCUT2D eigenvalue weighted by Gasteiger charge is -2.13. The van der Waals surface area contributed by atoms with Crippen LogP contribution in [-0.4, -0.2) is 39.9 Å². The van der Waals surface area contributed by atoms with E-state index in [1.807, 2.05) is 48.5 Å². The Morgan fingerprint density at radius 3 is 2.59 bits per heavy atom. The van der Waals surface area contributed by atoms with Crippen LogP contribution in [0, 0.1) is 0 Å². The minimum atomic E-state index is -0.889. The number of ether oxygens (including phenoxy) is 2. The molecule has 3 rings (SSSR count). The fraction of sp³-hybridized carbons (Fsp3) is 0.190. The monoisotopic (exact) mass is 429 g/mol. The minimum absolute atomic E-state index is 0.000845. The highest BCUT2D eigenvalue weighted by Crippen LogP contribution is 2.33. The van der Waals surface area contributed by atoms with Gasteiger partial charge in [0, 0.05) is 13.0 Å². The molecule has 2 aromatic rings. The van der Waals surface area contributed by atoms with Gasteiger partial charge >= 0.3 is 5.97 Å². The number of methoxy groups -OCH3 is 1. The Balaban J connectivity index is 1.70. The molecule has 1 saturated heterocycles. The van der Waals surface area contributed by atoms with Gasteiger partial charge in [0.1, 0.15) is 21.6 Å². The standard InChI is InChI=1S/C21H19NO5S2/c1-26-15-7-9-16(10-8-15)27-17-5-2-4-14(12-17)13-18-20(25)22(21(28)29-18)11-3-6-19(23)24/h2,4-5,7-10,12-13H,3,6,11H2,1H3,(H,23,24)/b18-13-. The zero-order valence-corrected chi connectivity index (χ0v) is 17.3. The summed E-state index contributed by atoms with van der Waals surface area (Å²) in [4.78, 5) is 25.2. The number of carboxylic acids is 1. The number of thioether (sulfide) groups is 1. The average Bonchev–Trinajstić information content (AvgIpc) is 2.96. The molecule has 1 aliphatic rings. The van der Waals surface area contributed by atoms with E-state index in [0.717, 1.165) is 11.3 Å². The van der Waals surface area contributed by atoms with Crippen LogP contribution in [0.15, 0.2) is 53.4 Å². The summed E-state index contributed by atoms with van der Waals surface area (Å²) in [6.07, 6.45) is 2.12. The Morgan fingerprint density at radius 2 is 1.90 bits per heavy atom. The Morgan fingerprint density at radius 1 is 1.17 bits per heavy atom. The number of carboxylic acid groups (broad SMARTS) is 1. The summed E-state index contributed by atoms with van der Waals surface area (Å²) in [7, 11) is 1.61. The Labute approximate surface area is 178 Å². The van der Waals surface area contributed by atoms with E-state index in [4.69, 9.17) is 26.8 Å². The molecule has 1 amide bonds. The molecule has 0 aliphatic carbocycles. The van der Waals surface area contributed by atoms with Gasteiger partial charge in [-0.3, -0.25) is 14.5 Å². The largest absolute Gasteiger partial charge is 0.497 e. The molecule has 29 heavy (non-hydrogen) atoms. The second kappa shape index (κ2) is 9.58. The van der Waals surface area contributed by atoms with Crippen LogP contribution in [0.5, 0.6) is 17.2 Å². The van der Waals surface area contributed by atoms with E-state index in [-0.39, 0.29) is 12.3 Å². The molecule has 0 atom stereocenters. The first-order chi connectivity index (χ1) is 14.0. The van der Waals surface area contributed by atoms with Crippen molar-refractivity contribution in [2.75, 3.05) is 13.7 Å². The van der Waals surface area contributed by atoms with Crippen LogP contribution in [0.25, 0.3) is 6.08 Å². The number of rotatable bonds is 8. The van der Waals surface area contributed by atoms with Crippen molar-refractivity contribution in [3.05, 3.63) is 59.0 Å². The molecule has 1 heterocycles. The third-order valence-corrected chi connectivity index (χ3v) is 5.47. The van der Waals surface area contributed by atoms with E-state index < -0.39 is 5.97 Å². The lowest BCUT2D eigenvalue weighted by molar-refractivity contribution is -0.137. The van der Waals surface area contributed by atoms with Crippen LogP contribution in [0.1, 0.15) is 18.4 Å². The number of hydrogen-bond acceptors (Lipinski definition) is 6. The summed E-state index contributed by atoms with van der Waals surface area (Å²) in [6.45, 7) is 0.301. The fourth-order valence-corrected chi connectivity index (χ4v) is 3.99. The van der Waals surface area contributed by atoms with Crippen molar-refractivity contribution in [1.29, 1.82) is 0 Å². The van der Waals surface area contributed by atoms with Crippen LogP contribution in [0.4, 0.5) is 0 Å². The number of aliphatic carboxylic acids is 1. The van der Waals surface area contributed by atoms with Crippen molar-refractivity contribution in [3.8, 4) is 17.2 Å². The minimum Gasteiger partial charge on any atom is -0.497 e. The number of carbonyl (C=O) groups is 2. The predicted octanol–water partition coefficient (Wildman–Crippen LogP) is 4.55. The lowest BCUT2D eigenvalue weighted by atomic mass is 10.2. The van der Waals surface area contributed by atoms with Gasteiger partial charge in [-0.1, -0.05) is 36.1 Å². The van der Waals surface area contributed by atoms with Crippen LogP contribution in [0.2, 0.25) is 0 Å².